The van der Waals surface area contributed by atoms with E-state index in [2.05, 4.69) is 4.98 Å². The lowest BCUT2D eigenvalue weighted by atomic mass is 10.0. The Bertz CT molecular complexity index is 231. The van der Waals surface area contributed by atoms with Crippen LogP contribution in [-0.2, 0) is 4.79 Å². The molecular formula is C7H10N2O2. The first-order chi connectivity index (χ1) is 5.25. The summed E-state index contributed by atoms with van der Waals surface area (Å²) in [7, 11) is 0. The molecule has 0 amide bonds. The summed E-state index contributed by atoms with van der Waals surface area (Å²) >= 11 is 0. The van der Waals surface area contributed by atoms with Gasteiger partial charge in [0.2, 0.25) is 0 Å². The van der Waals surface area contributed by atoms with Gasteiger partial charge < -0.3 is 15.8 Å². The molecule has 1 atom stereocenters. The second-order valence-electron chi connectivity index (χ2n) is 2.27. The van der Waals surface area contributed by atoms with Crippen molar-refractivity contribution < 1.29 is 9.90 Å². The van der Waals surface area contributed by atoms with Gasteiger partial charge in [-0.1, -0.05) is 0 Å². The fourth-order valence-electron chi connectivity index (χ4n) is 0.933. The lowest BCUT2D eigenvalue weighted by molar-refractivity contribution is -0.138. The van der Waals surface area contributed by atoms with E-state index in [-0.39, 0.29) is 6.54 Å². The molecule has 0 aliphatic rings. The molecule has 0 spiro atoms. The standard InChI is InChI=1S/C7H10N2O2/c8-3-6(7(10)11)5-1-2-9-4-5/h1-2,4,6,9H,3,8H2,(H,10,11). The number of aliphatic carboxylic acids is 1. The van der Waals surface area contributed by atoms with E-state index in [0.717, 1.165) is 5.56 Å². The molecule has 4 heteroatoms. The number of nitrogens with two attached hydrogens (primary N) is 1. The first-order valence-electron chi connectivity index (χ1n) is 3.31. The highest BCUT2D eigenvalue weighted by Crippen LogP contribution is 2.12. The molecule has 0 fully saturated rings. The minimum Gasteiger partial charge on any atom is -0.481 e. The van der Waals surface area contributed by atoms with Gasteiger partial charge in [0.05, 0.1) is 5.92 Å². The van der Waals surface area contributed by atoms with E-state index in [1.807, 2.05) is 0 Å². The molecule has 4 N–H and O–H groups in total. The van der Waals surface area contributed by atoms with Crippen molar-refractivity contribution >= 4 is 5.97 Å². The molecule has 0 aromatic carbocycles. The van der Waals surface area contributed by atoms with Gasteiger partial charge in [0.25, 0.3) is 0 Å². The third kappa shape index (κ3) is 1.59. The Kier molecular flexibility index (Phi) is 2.28. The van der Waals surface area contributed by atoms with Crippen LogP contribution >= 0.6 is 0 Å². The Labute approximate surface area is 64.0 Å². The summed E-state index contributed by atoms with van der Waals surface area (Å²) < 4.78 is 0. The smallest absolute Gasteiger partial charge is 0.312 e. The van der Waals surface area contributed by atoms with Gasteiger partial charge in [-0.05, 0) is 11.6 Å². The maximum atomic E-state index is 10.5. The van der Waals surface area contributed by atoms with Crippen LogP contribution in [0.3, 0.4) is 0 Å². The molecule has 11 heavy (non-hydrogen) atoms. The van der Waals surface area contributed by atoms with Crippen molar-refractivity contribution in [3.8, 4) is 0 Å². The Morgan fingerprint density at radius 3 is 2.91 bits per heavy atom. The van der Waals surface area contributed by atoms with E-state index >= 15 is 0 Å². The lowest BCUT2D eigenvalue weighted by Crippen LogP contribution is -2.20. The highest BCUT2D eigenvalue weighted by Gasteiger charge is 2.17. The van der Waals surface area contributed by atoms with Gasteiger partial charge in [-0.25, -0.2) is 0 Å². The molecule has 1 aromatic rings. The minimum absolute atomic E-state index is 0.132. The third-order valence-electron chi connectivity index (χ3n) is 1.56. The maximum Gasteiger partial charge on any atom is 0.312 e. The zero-order chi connectivity index (χ0) is 8.27. The molecule has 4 nitrogen and oxygen atoms in total. The van der Waals surface area contributed by atoms with Crippen molar-refractivity contribution in [2.45, 2.75) is 5.92 Å². The second-order valence-corrected chi connectivity index (χ2v) is 2.27. The SMILES string of the molecule is NCC(C(=O)O)c1cc[nH]c1. The number of nitrogens with one attached hydrogen (secondary N) is 1. The average Bonchev–Trinajstić information content (AvgIpc) is 2.40. The predicted molar refractivity (Wildman–Crippen MR) is 40.2 cm³/mol. The molecule has 0 bridgehead atoms. The molecule has 60 valence electrons. The number of aromatic amines is 1. The molecule has 1 aromatic heterocycles. The molecule has 0 radical (unpaired) electrons. The van der Waals surface area contributed by atoms with Crippen LogP contribution in [0.15, 0.2) is 18.5 Å². The highest BCUT2D eigenvalue weighted by atomic mass is 16.4. The summed E-state index contributed by atoms with van der Waals surface area (Å²) in [6, 6.07) is 1.71. The normalized spacial score (nSPS) is 12.8. The highest BCUT2D eigenvalue weighted by molar-refractivity contribution is 5.76. The first-order valence-corrected chi connectivity index (χ1v) is 3.31. The molecule has 1 heterocycles. The van der Waals surface area contributed by atoms with Crippen LogP contribution < -0.4 is 5.73 Å². The Balaban J connectivity index is 2.79. The van der Waals surface area contributed by atoms with Crippen molar-refractivity contribution in [1.29, 1.82) is 0 Å². The van der Waals surface area contributed by atoms with Crippen LogP contribution in [-0.4, -0.2) is 22.6 Å². The average molecular weight is 154 g/mol. The maximum absolute atomic E-state index is 10.5. The van der Waals surface area contributed by atoms with E-state index in [1.54, 1.807) is 18.5 Å². The molecule has 0 aliphatic heterocycles. The Hall–Kier alpha value is -1.29. The quantitative estimate of drug-likeness (QED) is 0.579. The monoisotopic (exact) mass is 154 g/mol. The number of carbonyl (C=O) groups is 1. The largest absolute Gasteiger partial charge is 0.481 e. The number of carboxylic acid groups (broad SMARTS) is 1. The number of hydrogen-bond acceptors (Lipinski definition) is 2. The number of aromatic nitrogens is 1. The van der Waals surface area contributed by atoms with Crippen molar-refractivity contribution in [3.05, 3.63) is 24.0 Å². The van der Waals surface area contributed by atoms with Crippen molar-refractivity contribution in [2.24, 2.45) is 5.73 Å². The number of H-pyrrole nitrogens is 1. The van der Waals surface area contributed by atoms with Crippen LogP contribution in [0.25, 0.3) is 0 Å². The van der Waals surface area contributed by atoms with Crippen molar-refractivity contribution in [3.63, 3.8) is 0 Å². The topological polar surface area (TPSA) is 79.1 Å². The third-order valence-corrected chi connectivity index (χ3v) is 1.56. The van der Waals surface area contributed by atoms with Crippen LogP contribution in [0, 0.1) is 0 Å². The van der Waals surface area contributed by atoms with Gasteiger partial charge in [-0.3, -0.25) is 4.79 Å². The Morgan fingerprint density at radius 2 is 2.55 bits per heavy atom. The number of hydrogen-bond donors (Lipinski definition) is 3. The summed E-state index contributed by atoms with van der Waals surface area (Å²) in [5.74, 6) is -1.46. The zero-order valence-corrected chi connectivity index (χ0v) is 5.95. The first kappa shape index (κ1) is 7.81. The van der Waals surface area contributed by atoms with E-state index < -0.39 is 11.9 Å². The van der Waals surface area contributed by atoms with Gasteiger partial charge in [0.1, 0.15) is 0 Å². The van der Waals surface area contributed by atoms with Crippen LogP contribution in [0.5, 0.6) is 0 Å². The fraction of sp³-hybridized carbons (Fsp3) is 0.286. The summed E-state index contributed by atoms with van der Waals surface area (Å²) in [6.07, 6.45) is 3.33. The second kappa shape index (κ2) is 3.21. The van der Waals surface area contributed by atoms with E-state index in [1.165, 1.54) is 0 Å². The van der Waals surface area contributed by atoms with Gasteiger partial charge in [0.15, 0.2) is 0 Å². The van der Waals surface area contributed by atoms with Crippen LogP contribution in [0.2, 0.25) is 0 Å². The van der Waals surface area contributed by atoms with E-state index in [4.69, 9.17) is 10.8 Å². The van der Waals surface area contributed by atoms with E-state index in [9.17, 15) is 4.79 Å². The number of rotatable bonds is 3. The van der Waals surface area contributed by atoms with Gasteiger partial charge in [-0.2, -0.15) is 0 Å². The Morgan fingerprint density at radius 1 is 1.82 bits per heavy atom. The molecule has 0 saturated carbocycles. The molecule has 1 rings (SSSR count). The van der Waals surface area contributed by atoms with Crippen LogP contribution in [0.1, 0.15) is 11.5 Å². The fourth-order valence-corrected chi connectivity index (χ4v) is 0.933. The van der Waals surface area contributed by atoms with Crippen molar-refractivity contribution in [1.82, 2.24) is 4.98 Å². The predicted octanol–water partition coefficient (Wildman–Crippen LogP) is 0.142. The molecule has 1 unspecified atom stereocenters. The molecular weight excluding hydrogens is 144 g/mol. The van der Waals surface area contributed by atoms with Crippen molar-refractivity contribution in [2.75, 3.05) is 6.54 Å². The van der Waals surface area contributed by atoms with Gasteiger partial charge in [0, 0.05) is 18.9 Å². The summed E-state index contributed by atoms with van der Waals surface area (Å²) in [6.45, 7) is 0.132. The van der Waals surface area contributed by atoms with Gasteiger partial charge >= 0.3 is 5.97 Å². The summed E-state index contributed by atoms with van der Waals surface area (Å²) in [5.41, 5.74) is 5.99. The number of carboxylic acids is 1. The zero-order valence-electron chi connectivity index (χ0n) is 5.95. The summed E-state index contributed by atoms with van der Waals surface area (Å²) in [5, 5.41) is 8.65. The van der Waals surface area contributed by atoms with E-state index in [0.29, 0.717) is 0 Å². The molecule has 0 saturated heterocycles. The van der Waals surface area contributed by atoms with Gasteiger partial charge in [-0.15, -0.1) is 0 Å². The minimum atomic E-state index is -0.882. The molecule has 0 aliphatic carbocycles. The summed E-state index contributed by atoms with van der Waals surface area (Å²) in [4.78, 5) is 13.3. The lowest BCUT2D eigenvalue weighted by Gasteiger charge is -2.05. The van der Waals surface area contributed by atoms with Crippen LogP contribution in [0.4, 0.5) is 0 Å².